The number of hydrogen-bond donors (Lipinski definition) is 2. The number of amides is 1. The summed E-state index contributed by atoms with van der Waals surface area (Å²) in [5.74, 6) is -3.70. The first-order valence-corrected chi connectivity index (χ1v) is 10.6. The summed E-state index contributed by atoms with van der Waals surface area (Å²) >= 11 is 0. The number of hydrogen-bond acceptors (Lipinski definition) is 9. The van der Waals surface area contributed by atoms with Crippen LogP contribution in [0.2, 0.25) is 0 Å². The van der Waals surface area contributed by atoms with Gasteiger partial charge in [0.2, 0.25) is 5.95 Å². The molecule has 182 valence electrons. The summed E-state index contributed by atoms with van der Waals surface area (Å²) < 4.78 is 31.4. The van der Waals surface area contributed by atoms with Gasteiger partial charge in [0.25, 0.3) is 11.8 Å². The number of carbonyl (C=O) groups is 1. The molecule has 1 atom stereocenters. The SMILES string of the molecule is CCn1cc(Nc2nccc(-c3cccc(-c4ccon4)n3)n2)cn1.CN1CC(F)(F)C(O)C1=O. The number of nitrogens with zero attached hydrogens (tertiary/aromatic N) is 7. The number of aliphatic hydroxyl groups is 1. The Hall–Kier alpha value is -4.26. The molecule has 13 heteroatoms. The van der Waals surface area contributed by atoms with Gasteiger partial charge in [-0.2, -0.15) is 5.10 Å². The molecule has 4 aromatic rings. The van der Waals surface area contributed by atoms with E-state index in [1.54, 1.807) is 18.5 Å². The zero-order chi connectivity index (χ0) is 25.0. The van der Waals surface area contributed by atoms with Crippen LogP contribution in [-0.4, -0.2) is 71.4 Å². The molecule has 5 rings (SSSR count). The smallest absolute Gasteiger partial charge is 0.299 e. The van der Waals surface area contributed by atoms with E-state index in [1.807, 2.05) is 42.1 Å². The van der Waals surface area contributed by atoms with E-state index in [-0.39, 0.29) is 0 Å². The van der Waals surface area contributed by atoms with Gasteiger partial charge in [0.05, 0.1) is 35.5 Å². The van der Waals surface area contributed by atoms with Crippen molar-refractivity contribution in [3.8, 4) is 22.8 Å². The van der Waals surface area contributed by atoms with Gasteiger partial charge in [-0.05, 0) is 25.1 Å². The van der Waals surface area contributed by atoms with Crippen LogP contribution in [0.1, 0.15) is 6.92 Å². The molecule has 0 radical (unpaired) electrons. The van der Waals surface area contributed by atoms with E-state index < -0.39 is 24.5 Å². The van der Waals surface area contributed by atoms with Gasteiger partial charge >= 0.3 is 0 Å². The number of carbonyl (C=O) groups excluding carboxylic acids is 1. The van der Waals surface area contributed by atoms with Crippen LogP contribution >= 0.6 is 0 Å². The van der Waals surface area contributed by atoms with E-state index in [0.717, 1.165) is 28.5 Å². The molecule has 0 saturated carbocycles. The lowest BCUT2D eigenvalue weighted by Gasteiger charge is -2.08. The number of likely N-dealkylation sites (tertiary alicyclic amines) is 1. The van der Waals surface area contributed by atoms with Crippen LogP contribution in [0.25, 0.3) is 22.8 Å². The summed E-state index contributed by atoms with van der Waals surface area (Å²) in [7, 11) is 1.23. The van der Waals surface area contributed by atoms with Crippen LogP contribution in [0, 0.1) is 0 Å². The standard InChI is InChI=1S/C17H15N7O.C5H7F2NO2/c1-2-24-11-12(10-19-24)20-17-18-8-6-15(22-17)13-4-3-5-14(21-13)16-7-9-25-23-16;1-8-2-5(6,7)3(9)4(8)10/h3-11H,2H2,1H3,(H,18,20,22);3,9H,2H2,1H3. The summed E-state index contributed by atoms with van der Waals surface area (Å²) in [4.78, 5) is 24.7. The summed E-state index contributed by atoms with van der Waals surface area (Å²) in [6, 6.07) is 9.26. The lowest BCUT2D eigenvalue weighted by Crippen LogP contribution is -2.33. The van der Waals surface area contributed by atoms with Crippen molar-refractivity contribution in [1.82, 2.24) is 34.8 Å². The molecule has 5 heterocycles. The van der Waals surface area contributed by atoms with Crippen LogP contribution in [0.5, 0.6) is 0 Å². The summed E-state index contributed by atoms with van der Waals surface area (Å²) in [5.41, 5.74) is 3.69. The van der Waals surface area contributed by atoms with Crippen LogP contribution < -0.4 is 5.32 Å². The van der Waals surface area contributed by atoms with Gasteiger partial charge in [0.1, 0.15) is 12.0 Å². The highest BCUT2D eigenvalue weighted by Gasteiger charge is 2.52. The third-order valence-corrected chi connectivity index (χ3v) is 5.04. The summed E-state index contributed by atoms with van der Waals surface area (Å²) in [6.07, 6.45) is 4.71. The van der Waals surface area contributed by atoms with Crippen molar-refractivity contribution >= 4 is 17.5 Å². The number of aromatic nitrogens is 6. The Morgan fingerprint density at radius 3 is 2.49 bits per heavy atom. The van der Waals surface area contributed by atoms with E-state index in [9.17, 15) is 13.6 Å². The first-order valence-electron chi connectivity index (χ1n) is 10.6. The van der Waals surface area contributed by atoms with Crippen molar-refractivity contribution in [2.45, 2.75) is 25.5 Å². The highest BCUT2D eigenvalue weighted by atomic mass is 19.3. The zero-order valence-electron chi connectivity index (χ0n) is 18.8. The number of anilines is 2. The number of likely N-dealkylation sites (N-methyl/N-ethyl adjacent to an activating group) is 1. The first-order chi connectivity index (χ1) is 16.8. The minimum Gasteiger partial charge on any atom is -0.378 e. The van der Waals surface area contributed by atoms with E-state index >= 15 is 0 Å². The van der Waals surface area contributed by atoms with Crippen molar-refractivity contribution in [2.75, 3.05) is 18.9 Å². The third-order valence-electron chi connectivity index (χ3n) is 5.04. The molecule has 1 aliphatic rings. The second-order valence-electron chi connectivity index (χ2n) is 7.63. The van der Waals surface area contributed by atoms with Gasteiger partial charge < -0.3 is 19.8 Å². The monoisotopic (exact) mass is 484 g/mol. The molecule has 0 spiro atoms. The third kappa shape index (κ3) is 5.46. The van der Waals surface area contributed by atoms with Gasteiger partial charge in [-0.1, -0.05) is 11.2 Å². The Balaban J connectivity index is 0.000000243. The van der Waals surface area contributed by atoms with Crippen LogP contribution in [-0.2, 0) is 11.3 Å². The highest BCUT2D eigenvalue weighted by Crippen LogP contribution is 2.27. The van der Waals surface area contributed by atoms with Gasteiger partial charge in [0, 0.05) is 32.1 Å². The Morgan fingerprint density at radius 1 is 1.17 bits per heavy atom. The van der Waals surface area contributed by atoms with E-state index in [1.165, 1.54) is 13.3 Å². The van der Waals surface area contributed by atoms with Crippen LogP contribution in [0.3, 0.4) is 0 Å². The molecule has 1 unspecified atom stereocenters. The van der Waals surface area contributed by atoms with E-state index in [4.69, 9.17) is 9.63 Å². The maximum atomic E-state index is 12.3. The largest absolute Gasteiger partial charge is 0.378 e. The molecule has 1 aliphatic heterocycles. The van der Waals surface area contributed by atoms with Gasteiger partial charge in [-0.25, -0.2) is 23.7 Å². The Kier molecular flexibility index (Phi) is 6.78. The topological polar surface area (TPSA) is 135 Å². The molecule has 0 aromatic carbocycles. The number of aryl methyl sites for hydroxylation is 1. The maximum Gasteiger partial charge on any atom is 0.299 e. The molecular formula is C22H22F2N8O3. The number of alkyl halides is 2. The Bertz CT molecular complexity index is 1300. The quantitative estimate of drug-likeness (QED) is 0.438. The highest BCUT2D eigenvalue weighted by molar-refractivity contribution is 5.84. The second-order valence-corrected chi connectivity index (χ2v) is 7.63. The fourth-order valence-electron chi connectivity index (χ4n) is 3.23. The predicted molar refractivity (Wildman–Crippen MR) is 121 cm³/mol. The fraction of sp³-hybridized carbons (Fsp3) is 0.273. The normalized spacial score (nSPS) is 16.7. The minimum absolute atomic E-state index is 0.488. The Morgan fingerprint density at radius 2 is 1.91 bits per heavy atom. The first kappa shape index (κ1) is 23.9. The maximum absolute atomic E-state index is 12.3. The minimum atomic E-state index is -3.27. The lowest BCUT2D eigenvalue weighted by atomic mass is 10.2. The lowest BCUT2D eigenvalue weighted by molar-refractivity contribution is -0.140. The van der Waals surface area contributed by atoms with Crippen LogP contribution in [0.15, 0.2) is 59.7 Å². The summed E-state index contributed by atoms with van der Waals surface area (Å²) in [6.45, 7) is 2.15. The number of halogens is 2. The van der Waals surface area contributed by atoms with Crippen molar-refractivity contribution in [3.63, 3.8) is 0 Å². The van der Waals surface area contributed by atoms with Gasteiger partial charge in [-0.15, -0.1) is 0 Å². The fourth-order valence-corrected chi connectivity index (χ4v) is 3.23. The van der Waals surface area contributed by atoms with Gasteiger partial charge in [-0.3, -0.25) is 9.48 Å². The average molecular weight is 484 g/mol. The molecule has 4 aromatic heterocycles. The molecular weight excluding hydrogens is 462 g/mol. The molecule has 11 nitrogen and oxygen atoms in total. The number of aliphatic hydroxyl groups excluding tert-OH is 1. The second kappa shape index (κ2) is 9.93. The Labute approximate surface area is 198 Å². The van der Waals surface area contributed by atoms with Crippen molar-refractivity contribution < 1.29 is 23.2 Å². The summed E-state index contributed by atoms with van der Waals surface area (Å²) in [5, 5.41) is 19.8. The molecule has 35 heavy (non-hydrogen) atoms. The zero-order valence-corrected chi connectivity index (χ0v) is 18.8. The van der Waals surface area contributed by atoms with E-state index in [2.05, 4.69) is 30.5 Å². The van der Waals surface area contributed by atoms with E-state index in [0.29, 0.717) is 17.3 Å². The predicted octanol–water partition coefficient (Wildman–Crippen LogP) is 2.61. The van der Waals surface area contributed by atoms with Crippen molar-refractivity contribution in [3.05, 3.63) is 55.2 Å². The number of rotatable bonds is 5. The number of pyridine rings is 1. The molecule has 1 amide bonds. The molecule has 0 aliphatic carbocycles. The molecule has 2 N–H and O–H groups in total. The molecule has 1 fully saturated rings. The average Bonchev–Trinajstić information content (AvgIpc) is 3.59. The van der Waals surface area contributed by atoms with Crippen LogP contribution in [0.4, 0.5) is 20.4 Å². The van der Waals surface area contributed by atoms with Crippen molar-refractivity contribution in [1.29, 1.82) is 0 Å². The number of nitrogens with one attached hydrogen (secondary N) is 1. The molecule has 1 saturated heterocycles. The molecule has 0 bridgehead atoms. The van der Waals surface area contributed by atoms with Gasteiger partial charge in [0.15, 0.2) is 6.10 Å². The van der Waals surface area contributed by atoms with Crippen molar-refractivity contribution in [2.24, 2.45) is 0 Å².